The third-order valence-corrected chi connectivity index (χ3v) is 4.36. The predicted molar refractivity (Wildman–Crippen MR) is 97.7 cm³/mol. The number of phenols is 1. The van der Waals surface area contributed by atoms with Crippen molar-refractivity contribution in [3.8, 4) is 16.9 Å². The fourth-order valence-corrected chi connectivity index (χ4v) is 3.24. The summed E-state index contributed by atoms with van der Waals surface area (Å²) in [7, 11) is 0. The first-order valence-corrected chi connectivity index (χ1v) is 7.65. The van der Waals surface area contributed by atoms with Gasteiger partial charge in [0.1, 0.15) is 5.75 Å². The van der Waals surface area contributed by atoms with Gasteiger partial charge >= 0.3 is 0 Å². The molecule has 2 nitrogen and oxygen atoms in total. The smallest absolute Gasteiger partial charge is 0.146 e. The first kappa shape index (κ1) is 13.6. The Labute approximate surface area is 134 Å². The van der Waals surface area contributed by atoms with Crippen LogP contribution in [0.2, 0.25) is 0 Å². The van der Waals surface area contributed by atoms with Gasteiger partial charge in [0.25, 0.3) is 0 Å². The van der Waals surface area contributed by atoms with Crippen LogP contribution < -0.4 is 5.73 Å². The molecule has 0 radical (unpaired) electrons. The van der Waals surface area contributed by atoms with Gasteiger partial charge in [-0.15, -0.1) is 0 Å². The monoisotopic (exact) mass is 299 g/mol. The van der Waals surface area contributed by atoms with Crippen LogP contribution in [0.3, 0.4) is 0 Å². The van der Waals surface area contributed by atoms with E-state index >= 15 is 0 Å². The maximum absolute atomic E-state index is 10.7. The maximum atomic E-state index is 10.7. The zero-order chi connectivity index (χ0) is 16.0. The van der Waals surface area contributed by atoms with Crippen LogP contribution in [0.5, 0.6) is 5.75 Å². The highest BCUT2D eigenvalue weighted by Crippen LogP contribution is 2.43. The molecule has 0 heterocycles. The summed E-state index contributed by atoms with van der Waals surface area (Å²) >= 11 is 0. The largest absolute Gasteiger partial charge is 0.505 e. The lowest BCUT2D eigenvalue weighted by molar-refractivity contribution is 0.481. The number of anilines is 1. The summed E-state index contributed by atoms with van der Waals surface area (Å²) in [5.41, 5.74) is 9.43. The summed E-state index contributed by atoms with van der Waals surface area (Å²) in [5.74, 6) is 0.152. The average molecular weight is 299 g/mol. The van der Waals surface area contributed by atoms with Gasteiger partial charge in [0.2, 0.25) is 0 Å². The summed E-state index contributed by atoms with van der Waals surface area (Å²) in [6.45, 7) is 2.06. The van der Waals surface area contributed by atoms with E-state index in [1.807, 2.05) is 30.3 Å². The molecule has 0 fully saturated rings. The molecule has 0 bridgehead atoms. The summed E-state index contributed by atoms with van der Waals surface area (Å²) in [5, 5.41) is 15.0. The van der Waals surface area contributed by atoms with Crippen molar-refractivity contribution in [2.45, 2.75) is 6.92 Å². The number of phenolic OH excluding ortho intramolecular Hbond substituents is 1. The number of aromatic hydroxyl groups is 1. The van der Waals surface area contributed by atoms with E-state index in [1.54, 1.807) is 0 Å². The minimum Gasteiger partial charge on any atom is -0.505 e. The summed E-state index contributed by atoms with van der Waals surface area (Å²) < 4.78 is 0. The quantitative estimate of drug-likeness (QED) is 0.372. The summed E-state index contributed by atoms with van der Waals surface area (Å²) in [6, 6.07) is 22.4. The van der Waals surface area contributed by atoms with Crippen molar-refractivity contribution in [1.82, 2.24) is 0 Å². The Bertz CT molecular complexity index is 1050. The number of rotatable bonds is 1. The van der Waals surface area contributed by atoms with E-state index in [1.165, 1.54) is 0 Å². The highest BCUT2D eigenvalue weighted by atomic mass is 16.3. The molecule has 3 N–H and O–H groups in total. The van der Waals surface area contributed by atoms with Gasteiger partial charge in [-0.25, -0.2) is 0 Å². The predicted octanol–water partition coefficient (Wildman–Crippen LogP) is 5.26. The van der Waals surface area contributed by atoms with E-state index in [0.717, 1.165) is 38.2 Å². The topological polar surface area (TPSA) is 46.2 Å². The van der Waals surface area contributed by atoms with Crippen molar-refractivity contribution in [3.63, 3.8) is 0 Å². The standard InChI is InChI=1S/C21H17NO/c1-13-9-10-15-12-19(22)21(23)20(18(15)11-13)17-8-4-6-14-5-2-3-7-16(14)17/h2-12,23H,22H2,1H3. The van der Waals surface area contributed by atoms with Crippen molar-refractivity contribution in [2.75, 3.05) is 5.73 Å². The average Bonchev–Trinajstić information content (AvgIpc) is 2.56. The van der Waals surface area contributed by atoms with Crippen molar-refractivity contribution in [2.24, 2.45) is 0 Å². The first-order chi connectivity index (χ1) is 11.1. The Hall–Kier alpha value is -3.00. The van der Waals surface area contributed by atoms with E-state index in [2.05, 4.69) is 43.3 Å². The van der Waals surface area contributed by atoms with E-state index in [0.29, 0.717) is 5.69 Å². The van der Waals surface area contributed by atoms with Crippen LogP contribution in [-0.2, 0) is 0 Å². The minimum absolute atomic E-state index is 0.152. The van der Waals surface area contributed by atoms with Crippen LogP contribution in [0, 0.1) is 6.92 Å². The van der Waals surface area contributed by atoms with Crippen molar-refractivity contribution < 1.29 is 5.11 Å². The fourth-order valence-electron chi connectivity index (χ4n) is 3.24. The number of aryl methyl sites for hydroxylation is 1. The maximum Gasteiger partial charge on any atom is 0.146 e. The molecule has 0 aliphatic carbocycles. The minimum atomic E-state index is 0.152. The highest BCUT2D eigenvalue weighted by molar-refractivity contribution is 6.09. The molecular formula is C21H17NO. The third-order valence-electron chi connectivity index (χ3n) is 4.36. The van der Waals surface area contributed by atoms with Gasteiger partial charge in [-0.05, 0) is 40.1 Å². The van der Waals surface area contributed by atoms with Gasteiger partial charge < -0.3 is 10.8 Å². The number of nitrogens with two attached hydrogens (primary N) is 1. The second-order valence-electron chi connectivity index (χ2n) is 5.94. The van der Waals surface area contributed by atoms with Crippen LogP contribution >= 0.6 is 0 Å². The Morgan fingerprint density at radius 2 is 1.57 bits per heavy atom. The molecule has 112 valence electrons. The van der Waals surface area contributed by atoms with E-state index in [9.17, 15) is 5.11 Å². The molecule has 0 atom stereocenters. The van der Waals surface area contributed by atoms with E-state index in [-0.39, 0.29) is 5.75 Å². The van der Waals surface area contributed by atoms with Crippen LogP contribution in [0.4, 0.5) is 5.69 Å². The Balaban J connectivity index is 2.20. The van der Waals surface area contributed by atoms with Gasteiger partial charge in [-0.3, -0.25) is 0 Å². The molecule has 0 aliphatic heterocycles. The van der Waals surface area contributed by atoms with Crippen molar-refractivity contribution in [3.05, 3.63) is 72.3 Å². The lowest BCUT2D eigenvalue weighted by atomic mass is 9.92. The number of hydrogen-bond acceptors (Lipinski definition) is 2. The molecule has 0 aliphatic rings. The van der Waals surface area contributed by atoms with Crippen LogP contribution in [0.15, 0.2) is 66.7 Å². The number of hydrogen-bond donors (Lipinski definition) is 2. The lowest BCUT2D eigenvalue weighted by Gasteiger charge is -2.14. The second-order valence-corrected chi connectivity index (χ2v) is 5.94. The van der Waals surface area contributed by atoms with Gasteiger partial charge in [0.05, 0.1) is 5.69 Å². The molecule has 0 amide bonds. The summed E-state index contributed by atoms with van der Waals surface area (Å²) in [4.78, 5) is 0. The molecule has 0 unspecified atom stereocenters. The van der Waals surface area contributed by atoms with Gasteiger partial charge in [-0.1, -0.05) is 66.2 Å². The van der Waals surface area contributed by atoms with Gasteiger partial charge in [-0.2, -0.15) is 0 Å². The normalized spacial score (nSPS) is 11.2. The zero-order valence-corrected chi connectivity index (χ0v) is 12.9. The molecule has 0 saturated carbocycles. The van der Waals surface area contributed by atoms with Crippen molar-refractivity contribution in [1.29, 1.82) is 0 Å². The molecule has 2 heteroatoms. The molecular weight excluding hydrogens is 282 g/mol. The lowest BCUT2D eigenvalue weighted by Crippen LogP contribution is -1.92. The number of benzene rings is 4. The van der Waals surface area contributed by atoms with Crippen LogP contribution in [0.1, 0.15) is 5.56 Å². The zero-order valence-electron chi connectivity index (χ0n) is 12.9. The molecule has 0 spiro atoms. The Kier molecular flexibility index (Phi) is 2.98. The molecule has 4 aromatic rings. The second kappa shape index (κ2) is 5.03. The highest BCUT2D eigenvalue weighted by Gasteiger charge is 2.15. The third kappa shape index (κ3) is 2.11. The molecule has 4 rings (SSSR count). The number of nitrogen functional groups attached to an aromatic ring is 1. The molecule has 0 saturated heterocycles. The Morgan fingerprint density at radius 1 is 0.783 bits per heavy atom. The van der Waals surface area contributed by atoms with Crippen LogP contribution in [-0.4, -0.2) is 5.11 Å². The van der Waals surface area contributed by atoms with Gasteiger partial charge in [0.15, 0.2) is 0 Å². The van der Waals surface area contributed by atoms with E-state index < -0.39 is 0 Å². The molecule has 4 aromatic carbocycles. The fraction of sp³-hybridized carbons (Fsp3) is 0.0476. The van der Waals surface area contributed by atoms with Gasteiger partial charge in [0, 0.05) is 5.56 Å². The first-order valence-electron chi connectivity index (χ1n) is 7.65. The molecule has 0 aromatic heterocycles. The van der Waals surface area contributed by atoms with E-state index in [4.69, 9.17) is 5.73 Å². The summed E-state index contributed by atoms with van der Waals surface area (Å²) in [6.07, 6.45) is 0. The van der Waals surface area contributed by atoms with Crippen LogP contribution in [0.25, 0.3) is 32.7 Å². The number of fused-ring (bicyclic) bond motifs is 2. The SMILES string of the molecule is Cc1ccc2cc(N)c(O)c(-c3cccc4ccccc34)c2c1. The molecule has 23 heavy (non-hydrogen) atoms. The van der Waals surface area contributed by atoms with Crippen molar-refractivity contribution >= 4 is 27.2 Å². The Morgan fingerprint density at radius 3 is 2.43 bits per heavy atom.